The average Bonchev–Trinajstić information content (AvgIpc) is 0.852. The van der Waals surface area contributed by atoms with Crippen LogP contribution in [-0.4, -0.2) is 228 Å². The number of carboxylic acids is 1. The van der Waals surface area contributed by atoms with Crippen LogP contribution in [0.2, 0.25) is 0 Å². The number of aliphatic hydroxyl groups excluding tert-OH is 1. The van der Waals surface area contributed by atoms with Crippen LogP contribution in [0.1, 0.15) is 121 Å². The minimum atomic E-state index is -1.75. The monoisotopic (exact) mass is 1600 g/mol. The van der Waals surface area contributed by atoms with Crippen molar-refractivity contribution in [1.82, 2.24) is 79.8 Å². The van der Waals surface area contributed by atoms with Crippen LogP contribution >= 0.6 is 0 Å². The van der Waals surface area contributed by atoms with E-state index in [0.29, 0.717) is 23.1 Å². The third-order valence-electron chi connectivity index (χ3n) is 17.3. The molecule has 0 aliphatic rings. The minimum absolute atomic E-state index is 0.000354. The van der Waals surface area contributed by atoms with Crippen molar-refractivity contribution in [3.05, 3.63) is 102 Å². The zero-order valence-electron chi connectivity index (χ0n) is 64.5. The lowest BCUT2D eigenvalue weighted by atomic mass is 10.00. The van der Waals surface area contributed by atoms with Crippen LogP contribution in [-0.2, 0) is 86.4 Å². The number of primary amides is 1. The maximum atomic E-state index is 14.9. The summed E-state index contributed by atoms with van der Waals surface area (Å²) in [5.41, 5.74) is 35.7. The molecular weight excluding hydrogens is 1480 g/mol. The fourth-order valence-electron chi connectivity index (χ4n) is 11.2. The van der Waals surface area contributed by atoms with Gasteiger partial charge in [0.25, 0.3) is 0 Å². The highest BCUT2D eigenvalue weighted by molar-refractivity contribution is 5.99. The van der Waals surface area contributed by atoms with Gasteiger partial charge in [0.2, 0.25) is 76.8 Å². The summed E-state index contributed by atoms with van der Waals surface area (Å²) in [6.45, 7) is 4.75. The van der Waals surface area contributed by atoms with Crippen LogP contribution in [0.25, 0.3) is 0 Å². The molecule has 0 saturated carbocycles. The predicted molar refractivity (Wildman–Crippen MR) is 419 cm³/mol. The van der Waals surface area contributed by atoms with Gasteiger partial charge in [-0.15, -0.1) is 0 Å². The molecule has 0 spiro atoms. The second kappa shape index (κ2) is 51.3. The van der Waals surface area contributed by atoms with Crippen LogP contribution in [0.3, 0.4) is 0 Å². The summed E-state index contributed by atoms with van der Waals surface area (Å²) in [6, 6.07) is 6.22. The molecule has 114 heavy (non-hydrogen) atoms. The van der Waals surface area contributed by atoms with E-state index >= 15 is 0 Å². The second-order valence-corrected chi connectivity index (χ2v) is 27.6. The number of nitrogens with one attached hydrogen (secondary N) is 18. The molecule has 0 fully saturated rings. The molecule has 41 heteroatoms. The first kappa shape index (κ1) is 95.9. The Morgan fingerprint density at radius 3 is 1.17 bits per heavy atom. The number of benzene rings is 3. The lowest BCUT2D eigenvalue weighted by molar-refractivity contribution is -0.145. The summed E-state index contributed by atoms with van der Waals surface area (Å²) in [7, 11) is 0. The van der Waals surface area contributed by atoms with Gasteiger partial charge in [0, 0.05) is 38.9 Å². The van der Waals surface area contributed by atoms with Crippen LogP contribution < -0.4 is 114 Å². The van der Waals surface area contributed by atoms with Crippen LogP contribution in [0.5, 0.6) is 5.75 Å². The molecule has 3 aromatic carbocycles. The average molecular weight is 1600 g/mol. The Morgan fingerprint density at radius 1 is 0.395 bits per heavy atom. The highest BCUT2D eigenvalue weighted by Crippen LogP contribution is 2.15. The highest BCUT2D eigenvalue weighted by Gasteiger charge is 2.37. The topological polar surface area (TPSA) is 708 Å². The first-order chi connectivity index (χ1) is 54.0. The predicted octanol–water partition coefficient (Wildman–Crippen LogP) is -6.46. The Bertz CT molecular complexity index is 3710. The third-order valence-corrected chi connectivity index (χ3v) is 17.3. The number of nitrogens with two attached hydrogens (primary N) is 6. The van der Waals surface area contributed by atoms with Crippen LogP contribution in [0.4, 0.5) is 0 Å². The molecule has 13 amide bonds. The summed E-state index contributed by atoms with van der Waals surface area (Å²) in [6.07, 6.45) is -2.98. The van der Waals surface area contributed by atoms with E-state index in [1.807, 2.05) is 0 Å². The first-order valence-electron chi connectivity index (χ1n) is 37.3. The van der Waals surface area contributed by atoms with Gasteiger partial charge in [-0.05, 0) is 132 Å². The SMILES string of the molecule is CC(C)C[C@H](NC(=O)[C@H](Cc1ccccc1)NC(=O)CNC(=O)CNC(=O)[C@@H](N)Cc1ccc(O)cc1)C(=O)N[C@@H](CCCNC(=N)N)C(=O)N[C@@H](CCCNC(=N)N)C(=O)N[C@@H](CCC(N)=O)C(=O)N[C@@H](Cc1ccccc1)C(=O)N[C@@H](CCCCN)C(=O)N[C@@H](CCCNC(=N)N)C(=O)N[C@H](C)C(=O)N[C@H](C(=O)O)[C@@H](C)O. The molecular formula is C73H114N24O17. The van der Waals surface area contributed by atoms with Crippen molar-refractivity contribution in [1.29, 1.82) is 16.2 Å². The maximum Gasteiger partial charge on any atom is 0.328 e. The van der Waals surface area contributed by atoms with Gasteiger partial charge in [-0.1, -0.05) is 86.6 Å². The fourth-order valence-corrected chi connectivity index (χ4v) is 11.2. The second-order valence-electron chi connectivity index (χ2n) is 27.6. The number of phenols is 1. The number of aromatic hydroxyl groups is 1. The van der Waals surface area contributed by atoms with E-state index in [1.165, 1.54) is 19.1 Å². The number of guanidine groups is 3. The number of carboxylic acid groups (broad SMARTS) is 1. The Balaban J connectivity index is 2.01. The van der Waals surface area contributed by atoms with Gasteiger partial charge in [0.05, 0.1) is 25.2 Å². The highest BCUT2D eigenvalue weighted by atomic mass is 16.4. The van der Waals surface area contributed by atoms with Gasteiger partial charge in [-0.2, -0.15) is 0 Å². The van der Waals surface area contributed by atoms with Gasteiger partial charge in [0.1, 0.15) is 60.1 Å². The Hall–Kier alpha value is -12.3. The lowest BCUT2D eigenvalue weighted by Gasteiger charge is -2.29. The van der Waals surface area contributed by atoms with E-state index in [1.54, 1.807) is 86.6 Å². The number of amides is 13. The molecule has 33 N–H and O–H groups in total. The number of phenolic OH excluding ortho intramolecular Hbond substituents is 1. The molecule has 628 valence electrons. The number of aliphatic hydroxyl groups is 1. The van der Waals surface area contributed by atoms with Crippen molar-refractivity contribution in [3.63, 3.8) is 0 Å². The molecule has 0 aliphatic carbocycles. The van der Waals surface area contributed by atoms with Crippen molar-refractivity contribution < 1.29 is 82.4 Å². The lowest BCUT2D eigenvalue weighted by Crippen LogP contribution is -2.61. The number of rotatable bonds is 53. The molecule has 0 bridgehead atoms. The smallest absolute Gasteiger partial charge is 0.328 e. The van der Waals surface area contributed by atoms with Gasteiger partial charge in [-0.25, -0.2) is 4.79 Å². The molecule has 12 atom stereocenters. The van der Waals surface area contributed by atoms with E-state index in [9.17, 15) is 82.4 Å². The molecule has 0 radical (unpaired) electrons. The molecule has 0 saturated heterocycles. The van der Waals surface area contributed by atoms with Crippen molar-refractivity contribution in [2.75, 3.05) is 39.3 Å². The van der Waals surface area contributed by atoms with Crippen molar-refractivity contribution >= 4 is 101 Å². The van der Waals surface area contributed by atoms with Crippen LogP contribution in [0.15, 0.2) is 84.9 Å². The first-order valence-corrected chi connectivity index (χ1v) is 37.3. The molecule has 3 aromatic rings. The van der Waals surface area contributed by atoms with E-state index in [-0.39, 0.29) is 115 Å². The number of hydrogen-bond donors (Lipinski definition) is 27. The molecule has 3 rings (SSSR count). The summed E-state index contributed by atoms with van der Waals surface area (Å²) in [5, 5.41) is 90.2. The number of unbranched alkanes of at least 4 members (excludes halogenated alkanes) is 1. The number of aliphatic carboxylic acids is 1. The largest absolute Gasteiger partial charge is 0.508 e. The van der Waals surface area contributed by atoms with Gasteiger partial charge in [0.15, 0.2) is 23.9 Å². The molecule has 41 nitrogen and oxygen atoms in total. The zero-order valence-corrected chi connectivity index (χ0v) is 64.5. The van der Waals surface area contributed by atoms with E-state index < -0.39 is 199 Å². The molecule has 0 aliphatic heterocycles. The quantitative estimate of drug-likeness (QED) is 0.0142. The fraction of sp³-hybridized carbons (Fsp3) is 0.521. The summed E-state index contributed by atoms with van der Waals surface area (Å²) >= 11 is 0. The number of carbonyl (C=O) groups is 14. The maximum absolute atomic E-state index is 14.9. The Morgan fingerprint density at radius 2 is 0.763 bits per heavy atom. The van der Waals surface area contributed by atoms with E-state index in [0.717, 1.165) is 6.92 Å². The van der Waals surface area contributed by atoms with Gasteiger partial charge in [-0.3, -0.25) is 78.6 Å². The Kier molecular flexibility index (Phi) is 43.2. The van der Waals surface area contributed by atoms with E-state index in [4.69, 9.17) is 50.6 Å². The van der Waals surface area contributed by atoms with Crippen molar-refractivity contribution in [2.24, 2.45) is 40.3 Å². The van der Waals surface area contributed by atoms with Gasteiger partial charge >= 0.3 is 5.97 Å². The molecule has 0 heterocycles. The van der Waals surface area contributed by atoms with E-state index in [2.05, 4.69) is 79.8 Å². The number of carbonyl (C=O) groups excluding carboxylic acids is 13. The summed E-state index contributed by atoms with van der Waals surface area (Å²) in [5.74, 6) is -15.1. The minimum Gasteiger partial charge on any atom is -0.508 e. The summed E-state index contributed by atoms with van der Waals surface area (Å²) < 4.78 is 0. The summed E-state index contributed by atoms with van der Waals surface area (Å²) in [4.78, 5) is 194. The third kappa shape index (κ3) is 38.6. The van der Waals surface area contributed by atoms with Crippen LogP contribution in [0, 0.1) is 22.1 Å². The Labute approximate surface area is 660 Å². The molecule has 0 unspecified atom stereocenters. The zero-order chi connectivity index (χ0) is 85.0. The standard InChI is InChI=1S/C73H114N24O17/c1-40(2)34-53(95-68(111)54(36-43-16-7-5-8-17-43)89-58(102)39-86-57(101)38-87-61(104)47(75)35-45-24-26-46(99)27-25-45)67(110)93-51(23-15-33-85-73(81)82)64(107)91-50(22-14-32-84-72(79)80)65(108)94-52(28-29-56(76)100)66(109)96-55(37-44-18-9-6-10-19-44)69(112)92-48(20-11-12-30-74)63(106)90-49(21-13-31-83-71(77)78)62(105)88-41(3)60(103)97-59(42(4)98)70(113)114/h5-10,16-19,24-27,40-42,47-55,59,98-99H,11-15,20-23,28-39,74-75H2,1-4H3,(H2,76,100)(H,86,101)(H,87,104)(H,88,105)(H,89,102)(H,90,106)(H,91,107)(H,92,112)(H,93,110)(H,94,108)(H,95,111)(H,96,109)(H,97,103)(H,113,114)(H4,77,78,83)(H4,79,80,84)(H4,81,82,85)/t41-,42-,47+,48+,49+,50+,51+,52+,53+,54+,55+,59+/m1/s1. The van der Waals surface area contributed by atoms with Crippen molar-refractivity contribution in [3.8, 4) is 5.75 Å². The van der Waals surface area contributed by atoms with Gasteiger partial charge < -0.3 is 129 Å². The molecule has 0 aromatic heterocycles. The van der Waals surface area contributed by atoms with Crippen molar-refractivity contribution in [2.45, 2.75) is 197 Å². The number of hydrogen-bond acceptors (Lipinski definition) is 21. The normalized spacial score (nSPS) is 14.1.